The summed E-state index contributed by atoms with van der Waals surface area (Å²) in [6.45, 7) is 2.61. The van der Waals surface area contributed by atoms with Crippen LogP contribution in [0.3, 0.4) is 0 Å². The van der Waals surface area contributed by atoms with Crippen LogP contribution in [0.5, 0.6) is 0 Å². The second kappa shape index (κ2) is 5.19. The van der Waals surface area contributed by atoms with Gasteiger partial charge in [-0.25, -0.2) is 18.5 Å². The summed E-state index contributed by atoms with van der Waals surface area (Å²) in [6, 6.07) is 5.26. The number of nitrogens with zero attached hydrogens (tertiary/aromatic N) is 1. The lowest BCUT2D eigenvalue weighted by Crippen LogP contribution is -2.11. The Labute approximate surface area is 109 Å². The third-order valence-corrected chi connectivity index (χ3v) is 4.45. The van der Waals surface area contributed by atoms with Crippen molar-refractivity contribution in [2.24, 2.45) is 5.14 Å². The number of nitrogens with two attached hydrogens (primary N) is 1. The molecule has 0 aliphatic rings. The van der Waals surface area contributed by atoms with Crippen molar-refractivity contribution in [3.05, 3.63) is 18.2 Å². The molecule has 6 nitrogen and oxygen atoms in total. The molecule has 0 radical (unpaired) electrons. The van der Waals surface area contributed by atoms with Gasteiger partial charge in [0.25, 0.3) is 10.0 Å². The van der Waals surface area contributed by atoms with E-state index in [1.807, 2.05) is 6.92 Å². The van der Waals surface area contributed by atoms with Gasteiger partial charge in [-0.1, -0.05) is 6.92 Å². The highest BCUT2D eigenvalue weighted by atomic mass is 32.2. The number of nitrogens with one attached hydrogen (secondary N) is 1. The number of thiazole rings is 1. The Kier molecular flexibility index (Phi) is 3.81. The number of rotatable bonds is 5. The third-order valence-electron chi connectivity index (χ3n) is 2.11. The molecule has 0 atom stereocenters. The topological polar surface area (TPSA) is 94.3 Å². The van der Waals surface area contributed by atoms with Gasteiger partial charge in [0.2, 0.25) is 4.34 Å². The summed E-state index contributed by atoms with van der Waals surface area (Å²) in [7, 11) is -3.74. The zero-order chi connectivity index (χ0) is 13.2. The quantitative estimate of drug-likeness (QED) is 0.644. The molecule has 0 spiro atoms. The van der Waals surface area contributed by atoms with Crippen molar-refractivity contribution in [2.75, 3.05) is 12.1 Å². The first kappa shape index (κ1) is 13.2. The molecule has 98 valence electrons. The molecule has 0 fully saturated rings. The molecular formula is C10H13N3O3S2. The second-order valence-corrected chi connectivity index (χ2v) is 6.42. The number of aromatic nitrogens is 1. The summed E-state index contributed by atoms with van der Waals surface area (Å²) in [5.41, 5.74) is 4.14. The standard InChI is InChI=1S/C10H13N3O3S2/c1-2-5-16-13-7-3-4-8-9(6-7)17-10(12-8)18(11,14)15/h3-4,6,13H,2,5H2,1H3,(H2,11,14,15). The maximum Gasteiger partial charge on any atom is 0.265 e. The van der Waals surface area contributed by atoms with E-state index in [-0.39, 0.29) is 4.34 Å². The fourth-order valence-corrected chi connectivity index (χ4v) is 3.02. The predicted octanol–water partition coefficient (Wildman–Crippen LogP) is 1.70. The van der Waals surface area contributed by atoms with E-state index in [2.05, 4.69) is 10.5 Å². The van der Waals surface area contributed by atoms with Gasteiger partial charge in [0.1, 0.15) is 0 Å². The molecule has 0 aliphatic carbocycles. The maximum atomic E-state index is 11.2. The molecule has 0 saturated carbocycles. The molecule has 2 rings (SSSR count). The van der Waals surface area contributed by atoms with Crippen LogP contribution >= 0.6 is 11.3 Å². The molecule has 2 aromatic rings. The number of anilines is 1. The number of primary sulfonamides is 1. The van der Waals surface area contributed by atoms with Gasteiger partial charge in [-0.3, -0.25) is 10.3 Å². The molecule has 0 bridgehead atoms. The van der Waals surface area contributed by atoms with E-state index in [1.54, 1.807) is 18.2 Å². The van der Waals surface area contributed by atoms with Gasteiger partial charge >= 0.3 is 0 Å². The van der Waals surface area contributed by atoms with Crippen LogP contribution in [-0.2, 0) is 14.9 Å². The number of hydrogen-bond acceptors (Lipinski definition) is 6. The first-order valence-electron chi connectivity index (χ1n) is 5.32. The largest absolute Gasteiger partial charge is 0.276 e. The summed E-state index contributed by atoms with van der Waals surface area (Å²) in [6.07, 6.45) is 0.908. The van der Waals surface area contributed by atoms with Gasteiger partial charge in [-0.05, 0) is 24.6 Å². The van der Waals surface area contributed by atoms with Crippen LogP contribution in [0, 0.1) is 0 Å². The number of benzene rings is 1. The summed E-state index contributed by atoms with van der Waals surface area (Å²) < 4.78 is 23.0. The summed E-state index contributed by atoms with van der Waals surface area (Å²) in [5, 5.41) is 5.04. The molecule has 8 heteroatoms. The lowest BCUT2D eigenvalue weighted by atomic mass is 10.3. The Balaban J connectivity index is 2.28. The van der Waals surface area contributed by atoms with Crippen LogP contribution in [0.1, 0.15) is 13.3 Å². The fraction of sp³-hybridized carbons (Fsp3) is 0.300. The lowest BCUT2D eigenvalue weighted by molar-refractivity contribution is 0.194. The van der Waals surface area contributed by atoms with Crippen molar-refractivity contribution >= 4 is 37.3 Å². The van der Waals surface area contributed by atoms with Gasteiger partial charge in [-0.2, -0.15) is 0 Å². The van der Waals surface area contributed by atoms with Crippen LogP contribution in [0.25, 0.3) is 10.2 Å². The van der Waals surface area contributed by atoms with E-state index >= 15 is 0 Å². The van der Waals surface area contributed by atoms with Gasteiger partial charge in [0.05, 0.1) is 22.5 Å². The highest BCUT2D eigenvalue weighted by Crippen LogP contribution is 2.27. The minimum absolute atomic E-state index is 0.0795. The number of fused-ring (bicyclic) bond motifs is 1. The van der Waals surface area contributed by atoms with Crippen molar-refractivity contribution < 1.29 is 13.3 Å². The average Bonchev–Trinajstić information content (AvgIpc) is 2.72. The third kappa shape index (κ3) is 2.96. The Morgan fingerprint density at radius 2 is 2.28 bits per heavy atom. The van der Waals surface area contributed by atoms with Crippen molar-refractivity contribution in [1.29, 1.82) is 0 Å². The Hall–Kier alpha value is -1.22. The predicted molar refractivity (Wildman–Crippen MR) is 70.9 cm³/mol. The first-order chi connectivity index (χ1) is 8.50. The Morgan fingerprint density at radius 1 is 1.50 bits per heavy atom. The van der Waals surface area contributed by atoms with Crippen molar-refractivity contribution in [1.82, 2.24) is 4.98 Å². The highest BCUT2D eigenvalue weighted by molar-refractivity contribution is 7.91. The normalized spacial score (nSPS) is 11.9. The van der Waals surface area contributed by atoms with E-state index < -0.39 is 10.0 Å². The molecular weight excluding hydrogens is 274 g/mol. The van der Waals surface area contributed by atoms with E-state index in [0.29, 0.717) is 12.1 Å². The summed E-state index contributed by atoms with van der Waals surface area (Å²) in [4.78, 5) is 9.14. The maximum absolute atomic E-state index is 11.2. The van der Waals surface area contributed by atoms with E-state index in [4.69, 9.17) is 9.98 Å². The van der Waals surface area contributed by atoms with Crippen molar-refractivity contribution in [2.45, 2.75) is 17.7 Å². The number of hydrogen-bond donors (Lipinski definition) is 2. The SMILES string of the molecule is CCCONc1ccc2nc(S(N)(=O)=O)sc2c1. The average molecular weight is 287 g/mol. The monoisotopic (exact) mass is 287 g/mol. The molecule has 18 heavy (non-hydrogen) atoms. The van der Waals surface area contributed by atoms with Crippen LogP contribution in [0.4, 0.5) is 5.69 Å². The summed E-state index contributed by atoms with van der Waals surface area (Å²) in [5.74, 6) is 0. The van der Waals surface area contributed by atoms with E-state index in [9.17, 15) is 8.42 Å². The lowest BCUT2D eigenvalue weighted by Gasteiger charge is -2.04. The molecule has 3 N–H and O–H groups in total. The Bertz CT molecular complexity index is 651. The molecule has 1 aromatic carbocycles. The van der Waals surface area contributed by atoms with Crippen molar-refractivity contribution in [3.63, 3.8) is 0 Å². The van der Waals surface area contributed by atoms with Crippen LogP contribution in [0.15, 0.2) is 22.5 Å². The van der Waals surface area contributed by atoms with Gasteiger partial charge < -0.3 is 0 Å². The van der Waals surface area contributed by atoms with Crippen LogP contribution in [0.2, 0.25) is 0 Å². The molecule has 1 heterocycles. The minimum Gasteiger partial charge on any atom is -0.276 e. The van der Waals surface area contributed by atoms with E-state index in [0.717, 1.165) is 28.1 Å². The molecule has 0 aliphatic heterocycles. The zero-order valence-electron chi connectivity index (χ0n) is 9.71. The highest BCUT2D eigenvalue weighted by Gasteiger charge is 2.14. The smallest absolute Gasteiger partial charge is 0.265 e. The van der Waals surface area contributed by atoms with Gasteiger partial charge in [-0.15, -0.1) is 11.3 Å². The first-order valence-corrected chi connectivity index (χ1v) is 7.68. The zero-order valence-corrected chi connectivity index (χ0v) is 11.3. The molecule has 0 amide bonds. The second-order valence-electron chi connectivity index (χ2n) is 3.66. The van der Waals surface area contributed by atoms with E-state index in [1.165, 1.54) is 0 Å². The fourth-order valence-electron chi connectivity index (χ4n) is 1.33. The van der Waals surface area contributed by atoms with Gasteiger partial charge in [0, 0.05) is 0 Å². The molecule has 0 unspecified atom stereocenters. The molecule has 0 saturated heterocycles. The molecule has 1 aromatic heterocycles. The Morgan fingerprint density at radius 3 is 2.94 bits per heavy atom. The van der Waals surface area contributed by atoms with Crippen molar-refractivity contribution in [3.8, 4) is 0 Å². The van der Waals surface area contributed by atoms with Crippen LogP contribution in [-0.4, -0.2) is 20.0 Å². The number of sulfonamides is 1. The van der Waals surface area contributed by atoms with Crippen LogP contribution < -0.4 is 10.6 Å². The minimum atomic E-state index is -3.74. The summed E-state index contributed by atoms with van der Waals surface area (Å²) >= 11 is 1.04. The van der Waals surface area contributed by atoms with Gasteiger partial charge in [0.15, 0.2) is 0 Å².